The van der Waals surface area contributed by atoms with Gasteiger partial charge in [-0.05, 0) is 6.92 Å². The Morgan fingerprint density at radius 2 is 2.40 bits per heavy atom. The van der Waals surface area contributed by atoms with Crippen LogP contribution in [0.3, 0.4) is 0 Å². The van der Waals surface area contributed by atoms with Crippen LogP contribution in [0.25, 0.3) is 0 Å². The lowest BCUT2D eigenvalue weighted by molar-refractivity contribution is -0.143. The van der Waals surface area contributed by atoms with Gasteiger partial charge in [-0.1, -0.05) is 0 Å². The second-order valence-electron chi connectivity index (χ2n) is 4.26. The number of carbonyl (C=O) groups excluding carboxylic acids is 1. The van der Waals surface area contributed by atoms with Gasteiger partial charge in [-0.25, -0.2) is 9.97 Å². The Labute approximate surface area is 121 Å². The van der Waals surface area contributed by atoms with Crippen molar-refractivity contribution in [3.63, 3.8) is 0 Å². The molecule has 0 aliphatic heterocycles. The summed E-state index contributed by atoms with van der Waals surface area (Å²) in [4.78, 5) is 19.9. The highest BCUT2D eigenvalue weighted by molar-refractivity contribution is 7.13. The van der Waals surface area contributed by atoms with E-state index in [1.165, 1.54) is 11.3 Å². The van der Waals surface area contributed by atoms with E-state index >= 15 is 0 Å². The Bertz CT molecular complexity index is 564. The normalized spacial score (nSPS) is 10.5. The van der Waals surface area contributed by atoms with Gasteiger partial charge in [0.2, 0.25) is 0 Å². The maximum absolute atomic E-state index is 11.3. The summed E-state index contributed by atoms with van der Waals surface area (Å²) in [6.07, 6.45) is 4.66. The van der Waals surface area contributed by atoms with Crippen LogP contribution >= 0.6 is 11.3 Å². The molecule has 0 atom stereocenters. The molecule has 0 saturated heterocycles. The summed E-state index contributed by atoms with van der Waals surface area (Å²) in [5.41, 5.74) is 0.908. The summed E-state index contributed by atoms with van der Waals surface area (Å²) in [6.45, 7) is 2.86. The number of hydrogen-bond donors (Lipinski definition) is 1. The number of rotatable bonds is 7. The molecule has 2 heterocycles. The van der Waals surface area contributed by atoms with Gasteiger partial charge in [0.15, 0.2) is 5.13 Å². The highest BCUT2D eigenvalue weighted by Crippen LogP contribution is 2.17. The summed E-state index contributed by atoms with van der Waals surface area (Å²) in [6, 6.07) is 0. The van der Waals surface area contributed by atoms with E-state index < -0.39 is 0 Å². The molecule has 0 spiro atoms. The molecule has 0 fully saturated rings. The summed E-state index contributed by atoms with van der Waals surface area (Å²) in [5, 5.41) is 6.03. The first-order valence-electron chi connectivity index (χ1n) is 6.49. The summed E-state index contributed by atoms with van der Waals surface area (Å²) in [7, 11) is 1.95. The minimum Gasteiger partial charge on any atom is -0.466 e. The Hall–Kier alpha value is -1.89. The van der Waals surface area contributed by atoms with Gasteiger partial charge in [0.1, 0.15) is 5.82 Å². The number of nitrogens with zero attached hydrogens (tertiary/aromatic N) is 3. The molecule has 0 aliphatic carbocycles. The van der Waals surface area contributed by atoms with Crippen LogP contribution in [0.5, 0.6) is 0 Å². The molecule has 2 aromatic heterocycles. The van der Waals surface area contributed by atoms with Crippen LogP contribution in [0, 0.1) is 0 Å². The Morgan fingerprint density at radius 1 is 1.55 bits per heavy atom. The molecule has 2 aromatic rings. The summed E-state index contributed by atoms with van der Waals surface area (Å²) in [5.74, 6) is 0.774. The van der Waals surface area contributed by atoms with Crippen molar-refractivity contribution in [2.45, 2.75) is 26.3 Å². The highest BCUT2D eigenvalue weighted by atomic mass is 32.1. The molecular formula is C13H18N4O2S. The first-order valence-corrected chi connectivity index (χ1v) is 7.37. The predicted octanol–water partition coefficient (Wildman–Crippen LogP) is 1.98. The number of aryl methyl sites for hydroxylation is 2. The molecule has 0 radical (unpaired) electrons. The fourth-order valence-corrected chi connectivity index (χ4v) is 2.43. The molecule has 2 rings (SSSR count). The molecule has 0 aromatic carbocycles. The van der Waals surface area contributed by atoms with E-state index in [-0.39, 0.29) is 5.97 Å². The quantitative estimate of drug-likeness (QED) is 0.791. The smallest absolute Gasteiger partial charge is 0.306 e. The lowest BCUT2D eigenvalue weighted by atomic mass is 10.2. The molecule has 0 amide bonds. The number of esters is 1. The van der Waals surface area contributed by atoms with Gasteiger partial charge < -0.3 is 14.6 Å². The zero-order valence-corrected chi connectivity index (χ0v) is 12.4. The number of carbonyl (C=O) groups is 1. The van der Waals surface area contributed by atoms with E-state index in [1.807, 2.05) is 23.2 Å². The van der Waals surface area contributed by atoms with Crippen LogP contribution in [-0.4, -0.2) is 27.1 Å². The Balaban J connectivity index is 1.80. The maximum Gasteiger partial charge on any atom is 0.306 e. The van der Waals surface area contributed by atoms with Crippen molar-refractivity contribution in [2.24, 2.45) is 7.05 Å². The number of nitrogens with one attached hydrogen (secondary N) is 1. The van der Waals surface area contributed by atoms with E-state index in [9.17, 15) is 4.79 Å². The van der Waals surface area contributed by atoms with E-state index in [2.05, 4.69) is 15.3 Å². The number of anilines is 1. The molecule has 6 nitrogen and oxygen atoms in total. The van der Waals surface area contributed by atoms with Crippen LogP contribution in [0.4, 0.5) is 5.13 Å². The Morgan fingerprint density at radius 3 is 3.10 bits per heavy atom. The third-order valence-electron chi connectivity index (χ3n) is 2.76. The molecule has 108 valence electrons. The van der Waals surface area contributed by atoms with Crippen molar-refractivity contribution >= 4 is 22.4 Å². The molecule has 1 N–H and O–H groups in total. The van der Waals surface area contributed by atoms with Crippen LogP contribution in [0.1, 0.15) is 24.9 Å². The van der Waals surface area contributed by atoms with Gasteiger partial charge in [-0.3, -0.25) is 4.79 Å². The largest absolute Gasteiger partial charge is 0.466 e. The van der Waals surface area contributed by atoms with Crippen LogP contribution in [0.2, 0.25) is 0 Å². The lowest BCUT2D eigenvalue weighted by Crippen LogP contribution is -2.06. The number of aromatic nitrogens is 3. The van der Waals surface area contributed by atoms with E-state index in [4.69, 9.17) is 4.74 Å². The maximum atomic E-state index is 11.3. The fraction of sp³-hybridized carbons (Fsp3) is 0.462. The van der Waals surface area contributed by atoms with E-state index in [0.717, 1.165) is 16.6 Å². The van der Waals surface area contributed by atoms with Crippen LogP contribution < -0.4 is 5.32 Å². The van der Waals surface area contributed by atoms with Crippen molar-refractivity contribution < 1.29 is 9.53 Å². The monoisotopic (exact) mass is 294 g/mol. The summed E-state index contributed by atoms with van der Waals surface area (Å²) < 4.78 is 6.85. The zero-order chi connectivity index (χ0) is 14.4. The third kappa shape index (κ3) is 4.06. The fourth-order valence-electron chi connectivity index (χ4n) is 1.69. The number of ether oxygens (including phenoxy) is 1. The molecule has 0 saturated carbocycles. The van der Waals surface area contributed by atoms with Crippen molar-refractivity contribution in [2.75, 3.05) is 11.9 Å². The van der Waals surface area contributed by atoms with Crippen LogP contribution in [-0.2, 0) is 29.5 Å². The van der Waals surface area contributed by atoms with Crippen molar-refractivity contribution in [3.8, 4) is 0 Å². The number of thiazole rings is 1. The van der Waals surface area contributed by atoms with E-state index in [1.54, 1.807) is 13.1 Å². The number of imidazole rings is 1. The van der Waals surface area contributed by atoms with E-state index in [0.29, 0.717) is 26.0 Å². The topological polar surface area (TPSA) is 69.0 Å². The second-order valence-corrected chi connectivity index (χ2v) is 5.12. The predicted molar refractivity (Wildman–Crippen MR) is 77.6 cm³/mol. The molecule has 0 bridgehead atoms. The third-order valence-corrected chi connectivity index (χ3v) is 3.61. The zero-order valence-electron chi connectivity index (χ0n) is 11.6. The standard InChI is InChI=1S/C13H18N4O2S/c1-3-19-12(18)5-4-10-9-20-13(16-10)15-8-11-14-6-7-17(11)2/h6-7,9H,3-5,8H2,1-2H3,(H,15,16). The molecule has 0 unspecified atom stereocenters. The van der Waals surface area contributed by atoms with Crippen molar-refractivity contribution in [3.05, 3.63) is 29.3 Å². The molecule has 20 heavy (non-hydrogen) atoms. The van der Waals surface area contributed by atoms with Gasteiger partial charge in [0.05, 0.1) is 25.3 Å². The van der Waals surface area contributed by atoms with Crippen LogP contribution in [0.15, 0.2) is 17.8 Å². The van der Waals surface area contributed by atoms with Gasteiger partial charge in [0.25, 0.3) is 0 Å². The lowest BCUT2D eigenvalue weighted by Gasteiger charge is -2.02. The minimum atomic E-state index is -0.178. The SMILES string of the molecule is CCOC(=O)CCc1csc(NCc2nccn2C)n1. The van der Waals surface area contributed by atoms with Gasteiger partial charge in [-0.2, -0.15) is 0 Å². The number of hydrogen-bond acceptors (Lipinski definition) is 6. The first-order chi connectivity index (χ1) is 9.69. The first kappa shape index (κ1) is 14.5. The Kier molecular flexibility index (Phi) is 5.11. The highest BCUT2D eigenvalue weighted by Gasteiger charge is 2.07. The average Bonchev–Trinajstić information content (AvgIpc) is 3.03. The van der Waals surface area contributed by atoms with Gasteiger partial charge in [0, 0.05) is 31.2 Å². The van der Waals surface area contributed by atoms with Crippen molar-refractivity contribution in [1.82, 2.24) is 14.5 Å². The molecular weight excluding hydrogens is 276 g/mol. The van der Waals surface area contributed by atoms with Gasteiger partial charge >= 0.3 is 5.97 Å². The minimum absolute atomic E-state index is 0.178. The van der Waals surface area contributed by atoms with Crippen molar-refractivity contribution in [1.29, 1.82) is 0 Å². The summed E-state index contributed by atoms with van der Waals surface area (Å²) >= 11 is 1.53. The molecule has 7 heteroatoms. The average molecular weight is 294 g/mol. The second kappa shape index (κ2) is 7.04. The molecule has 0 aliphatic rings. The van der Waals surface area contributed by atoms with Gasteiger partial charge in [-0.15, -0.1) is 11.3 Å².